The first kappa shape index (κ1) is 22.1. The molecule has 2 aromatic carbocycles. The minimum atomic E-state index is -0.129. The van der Waals surface area contributed by atoms with E-state index in [2.05, 4.69) is 26.1 Å². The van der Waals surface area contributed by atoms with Crippen molar-refractivity contribution in [3.8, 4) is 0 Å². The fourth-order valence-electron chi connectivity index (χ4n) is 3.03. The van der Waals surface area contributed by atoms with E-state index in [4.69, 9.17) is 4.42 Å². The molecule has 0 aliphatic carbocycles. The van der Waals surface area contributed by atoms with Crippen LogP contribution in [-0.2, 0) is 11.3 Å². The molecule has 1 aliphatic heterocycles. The fraction of sp³-hybridized carbons (Fsp3) is 0.125. The Hall–Kier alpha value is -3.10. The third-order valence-electron chi connectivity index (χ3n) is 4.69. The van der Waals surface area contributed by atoms with Crippen molar-refractivity contribution in [3.05, 3.63) is 93.2 Å². The minimum Gasteiger partial charge on any atom is -0.467 e. The van der Waals surface area contributed by atoms with Crippen LogP contribution in [0.15, 0.2) is 90.9 Å². The van der Waals surface area contributed by atoms with E-state index in [0.29, 0.717) is 22.4 Å². The Morgan fingerprint density at radius 1 is 1.09 bits per heavy atom. The molecule has 4 rings (SSSR count). The molecule has 0 saturated carbocycles. The van der Waals surface area contributed by atoms with E-state index in [1.54, 1.807) is 23.4 Å². The van der Waals surface area contributed by atoms with E-state index in [-0.39, 0.29) is 5.91 Å². The van der Waals surface area contributed by atoms with Crippen molar-refractivity contribution in [2.24, 2.45) is 10.2 Å². The Balaban J connectivity index is 1.59. The molecule has 1 fully saturated rings. The maximum Gasteiger partial charge on any atom is 0.267 e. The molecule has 0 unspecified atom stereocenters. The Kier molecular flexibility index (Phi) is 6.92. The number of amides is 1. The number of rotatable bonds is 6. The van der Waals surface area contributed by atoms with Crippen LogP contribution < -0.4 is 4.90 Å². The molecule has 1 aromatic heterocycles. The summed E-state index contributed by atoms with van der Waals surface area (Å²) in [4.78, 5) is 17.3. The summed E-state index contributed by atoms with van der Waals surface area (Å²) in [6, 6.07) is 19.4. The van der Waals surface area contributed by atoms with Gasteiger partial charge < -0.3 is 9.32 Å². The number of carbonyl (C=O) groups excluding carboxylic acids is 1. The van der Waals surface area contributed by atoms with Gasteiger partial charge in [0.2, 0.25) is 0 Å². The summed E-state index contributed by atoms with van der Waals surface area (Å²) in [5.74, 6) is 0.550. The van der Waals surface area contributed by atoms with Crippen molar-refractivity contribution in [1.29, 1.82) is 0 Å². The second kappa shape index (κ2) is 10.0. The first-order valence-corrected chi connectivity index (χ1v) is 11.5. The van der Waals surface area contributed by atoms with Crippen LogP contribution in [-0.4, -0.2) is 36.3 Å². The van der Waals surface area contributed by atoms with Crippen LogP contribution in [0.4, 0.5) is 5.69 Å². The predicted molar refractivity (Wildman–Crippen MR) is 135 cm³/mol. The molecule has 6 nitrogen and oxygen atoms in total. The lowest BCUT2D eigenvalue weighted by atomic mass is 10.2. The molecule has 2 heterocycles. The molecular weight excluding hydrogens is 488 g/mol. The van der Waals surface area contributed by atoms with Gasteiger partial charge in [0.05, 0.1) is 23.9 Å². The van der Waals surface area contributed by atoms with Gasteiger partial charge in [-0.05, 0) is 65.4 Å². The Morgan fingerprint density at radius 2 is 1.91 bits per heavy atom. The van der Waals surface area contributed by atoms with Crippen molar-refractivity contribution in [3.63, 3.8) is 0 Å². The van der Waals surface area contributed by atoms with Gasteiger partial charge in [-0.15, -0.1) is 5.10 Å². The molecule has 162 valence electrons. The molecule has 0 bridgehead atoms. The lowest BCUT2D eigenvalue weighted by Gasteiger charge is -2.12. The fourth-order valence-corrected chi connectivity index (χ4v) is 4.38. The van der Waals surface area contributed by atoms with Crippen LogP contribution in [0.25, 0.3) is 6.08 Å². The molecular formula is C24H21BrN4O2S. The number of nitrogens with zero attached hydrogens (tertiary/aromatic N) is 4. The summed E-state index contributed by atoms with van der Waals surface area (Å²) >= 11 is 4.77. The van der Waals surface area contributed by atoms with Gasteiger partial charge >= 0.3 is 0 Å². The standard InChI is InChI=1S/C24H21BrN4O2S/c1-28(2)20-10-8-17(9-11-20)15-26-27-24-29(16-21-7-4-12-31-21)23(30)22(32-24)14-18-5-3-6-19(25)13-18/h3-15H,16H2,1-2H3/b22-14-,26-15+,27-24-. The summed E-state index contributed by atoms with van der Waals surface area (Å²) in [6.45, 7) is 0.292. The van der Waals surface area contributed by atoms with E-state index in [1.165, 1.54) is 11.8 Å². The molecule has 1 saturated heterocycles. The maximum absolute atomic E-state index is 13.1. The predicted octanol–water partition coefficient (Wildman–Crippen LogP) is 5.61. The zero-order valence-corrected chi connectivity index (χ0v) is 20.0. The van der Waals surface area contributed by atoms with Gasteiger partial charge in [0.25, 0.3) is 5.91 Å². The smallest absolute Gasteiger partial charge is 0.267 e. The lowest BCUT2D eigenvalue weighted by Crippen LogP contribution is -2.28. The SMILES string of the molecule is CN(C)c1ccc(/C=N/N=C2\S/C(=C\c3cccc(Br)c3)C(=O)N2Cc2ccco2)cc1. The zero-order chi connectivity index (χ0) is 22.5. The van der Waals surface area contributed by atoms with E-state index in [1.807, 2.05) is 79.7 Å². The second-order valence-corrected chi connectivity index (χ2v) is 9.17. The van der Waals surface area contributed by atoms with Crippen molar-refractivity contribution in [2.45, 2.75) is 6.54 Å². The maximum atomic E-state index is 13.1. The van der Waals surface area contributed by atoms with Gasteiger partial charge in [0.15, 0.2) is 5.17 Å². The van der Waals surface area contributed by atoms with E-state index in [0.717, 1.165) is 21.3 Å². The second-order valence-electron chi connectivity index (χ2n) is 7.25. The molecule has 1 aliphatic rings. The molecule has 0 radical (unpaired) electrons. The van der Waals surface area contributed by atoms with Crippen LogP contribution in [0.3, 0.4) is 0 Å². The van der Waals surface area contributed by atoms with Gasteiger partial charge in [-0.2, -0.15) is 5.10 Å². The highest BCUT2D eigenvalue weighted by molar-refractivity contribution is 9.10. The number of hydrogen-bond acceptors (Lipinski definition) is 6. The number of amidine groups is 1. The van der Waals surface area contributed by atoms with Gasteiger partial charge in [0.1, 0.15) is 5.76 Å². The van der Waals surface area contributed by atoms with Crippen LogP contribution in [0, 0.1) is 0 Å². The zero-order valence-electron chi connectivity index (χ0n) is 17.6. The number of benzene rings is 2. The Bertz CT molecular complexity index is 1180. The number of carbonyl (C=O) groups is 1. The quantitative estimate of drug-likeness (QED) is 0.246. The molecule has 0 atom stereocenters. The van der Waals surface area contributed by atoms with Gasteiger partial charge in [-0.25, -0.2) is 0 Å². The van der Waals surface area contributed by atoms with Crippen LogP contribution in [0.1, 0.15) is 16.9 Å². The first-order chi connectivity index (χ1) is 15.5. The molecule has 32 heavy (non-hydrogen) atoms. The largest absolute Gasteiger partial charge is 0.467 e. The Labute approximate surface area is 199 Å². The third-order valence-corrected chi connectivity index (χ3v) is 6.18. The van der Waals surface area contributed by atoms with Gasteiger partial charge in [-0.1, -0.05) is 40.2 Å². The number of hydrogen-bond donors (Lipinski definition) is 0. The van der Waals surface area contributed by atoms with Gasteiger partial charge in [0, 0.05) is 24.3 Å². The van der Waals surface area contributed by atoms with Crippen molar-refractivity contribution >= 4 is 56.7 Å². The van der Waals surface area contributed by atoms with Gasteiger partial charge in [-0.3, -0.25) is 9.69 Å². The van der Waals surface area contributed by atoms with E-state index < -0.39 is 0 Å². The van der Waals surface area contributed by atoms with E-state index in [9.17, 15) is 4.79 Å². The van der Waals surface area contributed by atoms with E-state index >= 15 is 0 Å². The highest BCUT2D eigenvalue weighted by Gasteiger charge is 2.34. The summed E-state index contributed by atoms with van der Waals surface area (Å²) in [5, 5.41) is 9.09. The third kappa shape index (κ3) is 5.38. The lowest BCUT2D eigenvalue weighted by molar-refractivity contribution is -0.122. The molecule has 3 aromatic rings. The Morgan fingerprint density at radius 3 is 2.59 bits per heavy atom. The summed E-state index contributed by atoms with van der Waals surface area (Å²) < 4.78 is 6.39. The highest BCUT2D eigenvalue weighted by Crippen LogP contribution is 2.34. The molecule has 1 amide bonds. The van der Waals surface area contributed by atoms with Crippen LogP contribution in [0.2, 0.25) is 0 Å². The summed E-state index contributed by atoms with van der Waals surface area (Å²) in [6.07, 6.45) is 5.13. The van der Waals surface area contributed by atoms with Crippen molar-refractivity contribution in [1.82, 2.24) is 4.90 Å². The topological polar surface area (TPSA) is 61.4 Å². The number of thioether (sulfide) groups is 1. The molecule has 0 spiro atoms. The number of furan rings is 1. The highest BCUT2D eigenvalue weighted by atomic mass is 79.9. The molecule has 0 N–H and O–H groups in total. The normalized spacial score (nSPS) is 16.6. The van der Waals surface area contributed by atoms with Crippen LogP contribution >= 0.6 is 27.7 Å². The molecule has 8 heteroatoms. The average Bonchev–Trinajstić information content (AvgIpc) is 3.39. The summed E-state index contributed by atoms with van der Waals surface area (Å²) in [7, 11) is 3.99. The van der Waals surface area contributed by atoms with Crippen molar-refractivity contribution in [2.75, 3.05) is 19.0 Å². The monoisotopic (exact) mass is 508 g/mol. The van der Waals surface area contributed by atoms with Crippen LogP contribution in [0.5, 0.6) is 0 Å². The minimum absolute atomic E-state index is 0.129. The summed E-state index contributed by atoms with van der Waals surface area (Å²) in [5.41, 5.74) is 2.97. The average molecular weight is 509 g/mol. The number of anilines is 1. The van der Waals surface area contributed by atoms with Crippen molar-refractivity contribution < 1.29 is 9.21 Å². The first-order valence-electron chi connectivity index (χ1n) is 9.87. The number of halogens is 1.